The lowest BCUT2D eigenvalue weighted by atomic mass is 9.97. The Kier molecular flexibility index (Phi) is 10.7. The summed E-state index contributed by atoms with van der Waals surface area (Å²) in [5.74, 6) is -2.58. The predicted octanol–water partition coefficient (Wildman–Crippen LogP) is 0.761. The number of carbonyl (C=O) groups is 5. The number of hydrogen-bond acceptors (Lipinski definition) is 6. The van der Waals surface area contributed by atoms with Crippen molar-refractivity contribution in [1.82, 2.24) is 21.3 Å². The number of benzene rings is 1. The highest BCUT2D eigenvalue weighted by Gasteiger charge is 2.30. The fraction of sp³-hybridized carbons (Fsp3) is 0.519. The summed E-state index contributed by atoms with van der Waals surface area (Å²) in [5, 5.41) is 10.8. The summed E-state index contributed by atoms with van der Waals surface area (Å²) in [6.07, 6.45) is 6.89. The van der Waals surface area contributed by atoms with E-state index >= 15 is 0 Å². The standard InChI is InChI=1S/C27H36N4O6/c1-2-37-23(32)11-10-21(17-20-13-15-28-24(20)33)30-25(34)22(16-19-6-4-3-5-7-19)31-27(36)26(35)29-14-12-18-8-9-18/h3-7,10-11,18,20-22H,2,8-9,12-17H2,1H3,(H,28,33)(H,29,35)(H,30,34)(H,31,36)/t20-,21+,22-/m0/s1. The van der Waals surface area contributed by atoms with Crippen molar-refractivity contribution in [3.63, 3.8) is 0 Å². The Morgan fingerprint density at radius 3 is 2.49 bits per heavy atom. The summed E-state index contributed by atoms with van der Waals surface area (Å²) in [6, 6.07) is 7.42. The molecular weight excluding hydrogens is 476 g/mol. The highest BCUT2D eigenvalue weighted by atomic mass is 16.5. The van der Waals surface area contributed by atoms with Gasteiger partial charge in [-0.3, -0.25) is 19.2 Å². The topological polar surface area (TPSA) is 143 Å². The number of rotatable bonds is 13. The van der Waals surface area contributed by atoms with Gasteiger partial charge in [0.15, 0.2) is 0 Å². The van der Waals surface area contributed by atoms with E-state index in [2.05, 4.69) is 21.3 Å². The summed E-state index contributed by atoms with van der Waals surface area (Å²) < 4.78 is 4.93. The molecule has 2 fully saturated rings. The smallest absolute Gasteiger partial charge is 0.330 e. The molecule has 4 amide bonds. The van der Waals surface area contributed by atoms with Gasteiger partial charge in [0.05, 0.1) is 6.61 Å². The predicted molar refractivity (Wildman–Crippen MR) is 136 cm³/mol. The zero-order chi connectivity index (χ0) is 26.6. The van der Waals surface area contributed by atoms with Crippen molar-refractivity contribution in [3.8, 4) is 0 Å². The van der Waals surface area contributed by atoms with Crippen molar-refractivity contribution in [2.45, 2.75) is 57.5 Å². The van der Waals surface area contributed by atoms with Crippen LogP contribution >= 0.6 is 0 Å². The Balaban J connectivity index is 1.69. The molecule has 1 aliphatic heterocycles. The zero-order valence-electron chi connectivity index (χ0n) is 21.2. The maximum atomic E-state index is 13.3. The molecule has 0 spiro atoms. The van der Waals surface area contributed by atoms with E-state index in [0.29, 0.717) is 25.4 Å². The maximum Gasteiger partial charge on any atom is 0.330 e. The van der Waals surface area contributed by atoms with Gasteiger partial charge in [-0.25, -0.2) is 4.79 Å². The van der Waals surface area contributed by atoms with Crippen LogP contribution in [-0.4, -0.2) is 61.4 Å². The van der Waals surface area contributed by atoms with E-state index in [0.717, 1.165) is 24.8 Å². The Labute approximate surface area is 217 Å². The molecule has 1 aromatic carbocycles. The number of nitrogens with one attached hydrogen (secondary N) is 4. The van der Waals surface area contributed by atoms with Gasteiger partial charge < -0.3 is 26.0 Å². The first-order chi connectivity index (χ1) is 17.9. The van der Waals surface area contributed by atoms with Crippen molar-refractivity contribution in [1.29, 1.82) is 0 Å². The van der Waals surface area contributed by atoms with Gasteiger partial charge in [0.25, 0.3) is 0 Å². The van der Waals surface area contributed by atoms with E-state index in [4.69, 9.17) is 4.74 Å². The van der Waals surface area contributed by atoms with Crippen molar-refractivity contribution in [3.05, 3.63) is 48.0 Å². The van der Waals surface area contributed by atoms with Crippen LogP contribution in [0.5, 0.6) is 0 Å². The minimum absolute atomic E-state index is 0.110. The van der Waals surface area contributed by atoms with Crippen LogP contribution in [0.25, 0.3) is 0 Å². The molecule has 0 bridgehead atoms. The van der Waals surface area contributed by atoms with Crippen molar-refractivity contribution in [2.24, 2.45) is 11.8 Å². The van der Waals surface area contributed by atoms with Gasteiger partial charge in [-0.15, -0.1) is 0 Å². The molecule has 10 heteroatoms. The SMILES string of the molecule is CCOC(=O)C=C[C@H](C[C@@H]1CCNC1=O)NC(=O)[C@H](Cc1ccccc1)NC(=O)C(=O)NCCC1CC1. The third-order valence-corrected chi connectivity index (χ3v) is 6.43. The molecule has 10 nitrogen and oxygen atoms in total. The van der Waals surface area contributed by atoms with Crippen molar-refractivity contribution >= 4 is 29.6 Å². The number of esters is 1. The number of carbonyl (C=O) groups excluding carboxylic acids is 5. The fourth-order valence-electron chi connectivity index (χ4n) is 4.19. The largest absolute Gasteiger partial charge is 0.463 e. The first kappa shape index (κ1) is 27.9. The van der Waals surface area contributed by atoms with Crippen LogP contribution in [0.1, 0.15) is 44.6 Å². The zero-order valence-corrected chi connectivity index (χ0v) is 21.2. The molecule has 1 saturated carbocycles. The third kappa shape index (κ3) is 9.70. The monoisotopic (exact) mass is 512 g/mol. The van der Waals surface area contributed by atoms with E-state index in [1.807, 2.05) is 30.3 Å². The summed E-state index contributed by atoms with van der Waals surface area (Å²) in [7, 11) is 0. The van der Waals surface area contributed by atoms with Crippen LogP contribution in [-0.2, 0) is 35.1 Å². The van der Waals surface area contributed by atoms with Crippen LogP contribution in [0.2, 0.25) is 0 Å². The first-order valence-electron chi connectivity index (χ1n) is 12.9. The van der Waals surface area contributed by atoms with E-state index < -0.39 is 35.8 Å². The Morgan fingerprint density at radius 1 is 1.08 bits per heavy atom. The highest BCUT2D eigenvalue weighted by Crippen LogP contribution is 2.31. The molecule has 1 heterocycles. The lowest BCUT2D eigenvalue weighted by Crippen LogP contribution is -2.53. The van der Waals surface area contributed by atoms with Gasteiger partial charge in [-0.05, 0) is 37.7 Å². The third-order valence-electron chi connectivity index (χ3n) is 6.43. The second-order valence-corrected chi connectivity index (χ2v) is 9.44. The second kappa shape index (κ2) is 14.2. The van der Waals surface area contributed by atoms with E-state index in [9.17, 15) is 24.0 Å². The normalized spacial score (nSPS) is 18.5. The molecule has 0 aromatic heterocycles. The van der Waals surface area contributed by atoms with E-state index in [1.165, 1.54) is 12.2 Å². The minimum Gasteiger partial charge on any atom is -0.463 e. The second-order valence-electron chi connectivity index (χ2n) is 9.44. The molecular formula is C27H36N4O6. The number of ether oxygens (including phenoxy) is 1. The minimum atomic E-state index is -1.04. The lowest BCUT2D eigenvalue weighted by molar-refractivity contribution is -0.140. The van der Waals surface area contributed by atoms with Gasteiger partial charge in [-0.2, -0.15) is 0 Å². The van der Waals surface area contributed by atoms with Crippen LogP contribution < -0.4 is 21.3 Å². The quantitative estimate of drug-likeness (QED) is 0.175. The van der Waals surface area contributed by atoms with Crippen LogP contribution in [0.15, 0.2) is 42.5 Å². The van der Waals surface area contributed by atoms with Gasteiger partial charge in [0, 0.05) is 37.5 Å². The molecule has 200 valence electrons. The maximum absolute atomic E-state index is 13.3. The first-order valence-corrected chi connectivity index (χ1v) is 12.9. The van der Waals surface area contributed by atoms with Gasteiger partial charge in [-0.1, -0.05) is 49.2 Å². The average molecular weight is 513 g/mol. The molecule has 0 radical (unpaired) electrons. The summed E-state index contributed by atoms with van der Waals surface area (Å²) in [4.78, 5) is 62.3. The molecule has 1 saturated heterocycles. The van der Waals surface area contributed by atoms with Gasteiger partial charge in [0.2, 0.25) is 11.8 Å². The van der Waals surface area contributed by atoms with Gasteiger partial charge in [0.1, 0.15) is 6.04 Å². The molecule has 37 heavy (non-hydrogen) atoms. The molecule has 1 aliphatic carbocycles. The van der Waals surface area contributed by atoms with E-state index in [1.54, 1.807) is 6.92 Å². The van der Waals surface area contributed by atoms with Crippen LogP contribution in [0.4, 0.5) is 0 Å². The average Bonchev–Trinajstić information content (AvgIpc) is 3.62. The number of amides is 4. The lowest BCUT2D eigenvalue weighted by Gasteiger charge is -2.23. The molecule has 3 rings (SSSR count). The van der Waals surface area contributed by atoms with Crippen molar-refractivity contribution < 1.29 is 28.7 Å². The van der Waals surface area contributed by atoms with Crippen molar-refractivity contribution in [2.75, 3.05) is 19.7 Å². The molecule has 2 aliphatic rings. The molecule has 0 unspecified atom stereocenters. The molecule has 1 aromatic rings. The Bertz CT molecular complexity index is 992. The molecule has 3 atom stereocenters. The summed E-state index contributed by atoms with van der Waals surface area (Å²) in [6.45, 7) is 2.86. The van der Waals surface area contributed by atoms with E-state index in [-0.39, 0.29) is 31.3 Å². The highest BCUT2D eigenvalue weighted by molar-refractivity contribution is 6.35. The number of hydrogen-bond donors (Lipinski definition) is 4. The summed E-state index contributed by atoms with van der Waals surface area (Å²) >= 11 is 0. The Hall–Kier alpha value is -3.69. The Morgan fingerprint density at radius 2 is 1.84 bits per heavy atom. The molecule has 4 N–H and O–H groups in total. The van der Waals surface area contributed by atoms with Gasteiger partial charge >= 0.3 is 17.8 Å². The summed E-state index contributed by atoms with van der Waals surface area (Å²) in [5.41, 5.74) is 0.797. The van der Waals surface area contributed by atoms with Crippen LogP contribution in [0.3, 0.4) is 0 Å². The fourth-order valence-corrected chi connectivity index (χ4v) is 4.19. The van der Waals surface area contributed by atoms with Crippen LogP contribution in [0, 0.1) is 11.8 Å².